The summed E-state index contributed by atoms with van der Waals surface area (Å²) >= 11 is 0. The van der Waals surface area contributed by atoms with Crippen LogP contribution in [0.25, 0.3) is 28.2 Å². The SMILES string of the molecule is CC(=O)Nc1ccc2nc(-c3ccc(C4(NC(=O)OC(C)(C)C)CCC4)cc3)c(-c3ccccc3)n2c1. The van der Waals surface area contributed by atoms with Gasteiger partial charge in [0.1, 0.15) is 11.2 Å². The normalized spacial score (nSPS) is 14.6. The molecule has 1 fully saturated rings. The third-order valence-corrected chi connectivity index (χ3v) is 6.64. The summed E-state index contributed by atoms with van der Waals surface area (Å²) in [5, 5.41) is 5.99. The molecule has 0 saturated heterocycles. The molecule has 0 spiro atoms. The van der Waals surface area contributed by atoms with Gasteiger partial charge in [-0.3, -0.25) is 9.20 Å². The molecule has 2 aromatic carbocycles. The minimum atomic E-state index is -0.546. The number of carbonyl (C=O) groups excluding carboxylic acids is 2. The molecule has 37 heavy (non-hydrogen) atoms. The predicted molar refractivity (Wildman–Crippen MR) is 145 cm³/mol. The minimum Gasteiger partial charge on any atom is -0.444 e. The molecule has 2 aromatic heterocycles. The summed E-state index contributed by atoms with van der Waals surface area (Å²) in [5.74, 6) is -0.124. The molecular weight excluding hydrogens is 464 g/mol. The monoisotopic (exact) mass is 496 g/mol. The Kier molecular flexibility index (Phi) is 6.23. The van der Waals surface area contributed by atoms with Gasteiger partial charge in [0.2, 0.25) is 5.91 Å². The molecule has 2 heterocycles. The van der Waals surface area contributed by atoms with Crippen molar-refractivity contribution in [3.8, 4) is 22.5 Å². The van der Waals surface area contributed by atoms with Crippen LogP contribution in [0.5, 0.6) is 0 Å². The highest BCUT2D eigenvalue weighted by molar-refractivity contribution is 5.89. The van der Waals surface area contributed by atoms with E-state index < -0.39 is 17.2 Å². The summed E-state index contributed by atoms with van der Waals surface area (Å²) in [6.07, 6.45) is 4.32. The number of imidazole rings is 1. The van der Waals surface area contributed by atoms with Crippen molar-refractivity contribution in [3.05, 3.63) is 78.5 Å². The van der Waals surface area contributed by atoms with Gasteiger partial charge in [-0.15, -0.1) is 0 Å². The molecule has 7 heteroatoms. The van der Waals surface area contributed by atoms with Crippen LogP contribution in [0.15, 0.2) is 72.9 Å². The highest BCUT2D eigenvalue weighted by Crippen LogP contribution is 2.42. The lowest BCUT2D eigenvalue weighted by molar-refractivity contribution is -0.114. The minimum absolute atomic E-state index is 0.124. The number of benzene rings is 2. The molecule has 5 rings (SSSR count). The lowest BCUT2D eigenvalue weighted by Crippen LogP contribution is -2.52. The third-order valence-electron chi connectivity index (χ3n) is 6.64. The van der Waals surface area contributed by atoms with E-state index in [1.165, 1.54) is 6.92 Å². The Morgan fingerprint density at radius 1 is 0.946 bits per heavy atom. The van der Waals surface area contributed by atoms with Crippen molar-refractivity contribution in [1.82, 2.24) is 14.7 Å². The standard InChI is InChI=1S/C30H32N4O3/c1-20(35)31-24-15-16-25-32-26(27(34(25)19-24)22-9-6-5-7-10-22)21-11-13-23(14-12-21)30(17-8-18-30)33-28(36)37-29(2,3)4/h5-7,9-16,19H,8,17-18H2,1-4H3,(H,31,35)(H,33,36). The summed E-state index contributed by atoms with van der Waals surface area (Å²) in [4.78, 5) is 29.1. The van der Waals surface area contributed by atoms with Crippen molar-refractivity contribution in [1.29, 1.82) is 0 Å². The smallest absolute Gasteiger partial charge is 0.408 e. The third kappa shape index (κ3) is 5.07. The van der Waals surface area contributed by atoms with Crippen LogP contribution < -0.4 is 10.6 Å². The molecule has 1 saturated carbocycles. The number of anilines is 1. The molecule has 1 aliphatic rings. The molecule has 190 valence electrons. The number of carbonyl (C=O) groups is 2. The largest absolute Gasteiger partial charge is 0.444 e. The first-order chi connectivity index (χ1) is 17.6. The van der Waals surface area contributed by atoms with E-state index in [0.29, 0.717) is 5.69 Å². The number of pyridine rings is 1. The maximum Gasteiger partial charge on any atom is 0.408 e. The lowest BCUT2D eigenvalue weighted by atomic mass is 9.71. The number of rotatable bonds is 5. The fraction of sp³-hybridized carbons (Fsp3) is 0.300. The number of hydrogen-bond donors (Lipinski definition) is 2. The Hall–Kier alpha value is -4.13. The first-order valence-electron chi connectivity index (χ1n) is 12.6. The number of fused-ring (bicyclic) bond motifs is 1. The number of alkyl carbamates (subject to hydrolysis) is 1. The number of nitrogens with one attached hydrogen (secondary N) is 2. The number of amides is 2. The molecule has 0 radical (unpaired) electrons. The Labute approximate surface area is 216 Å². The van der Waals surface area contributed by atoms with Gasteiger partial charge in [0.05, 0.1) is 22.6 Å². The molecule has 0 atom stereocenters. The van der Waals surface area contributed by atoms with Gasteiger partial charge in [0.25, 0.3) is 0 Å². The second-order valence-corrected chi connectivity index (χ2v) is 10.6. The molecule has 1 aliphatic carbocycles. The van der Waals surface area contributed by atoms with Crippen molar-refractivity contribution in [2.24, 2.45) is 0 Å². The van der Waals surface area contributed by atoms with Gasteiger partial charge in [-0.2, -0.15) is 0 Å². The van der Waals surface area contributed by atoms with Crippen molar-refractivity contribution in [2.75, 3.05) is 5.32 Å². The van der Waals surface area contributed by atoms with Crippen LogP contribution in [-0.4, -0.2) is 27.0 Å². The van der Waals surface area contributed by atoms with E-state index in [4.69, 9.17) is 9.72 Å². The van der Waals surface area contributed by atoms with Crippen LogP contribution in [0.4, 0.5) is 10.5 Å². The van der Waals surface area contributed by atoms with E-state index in [1.54, 1.807) is 0 Å². The van der Waals surface area contributed by atoms with Crippen molar-refractivity contribution in [3.63, 3.8) is 0 Å². The second kappa shape index (κ2) is 9.39. The van der Waals surface area contributed by atoms with Crippen molar-refractivity contribution in [2.45, 2.75) is 58.1 Å². The van der Waals surface area contributed by atoms with Gasteiger partial charge in [0.15, 0.2) is 0 Å². The van der Waals surface area contributed by atoms with Gasteiger partial charge in [-0.25, -0.2) is 9.78 Å². The molecule has 0 bridgehead atoms. The van der Waals surface area contributed by atoms with Crippen molar-refractivity contribution >= 4 is 23.3 Å². The van der Waals surface area contributed by atoms with Crippen LogP contribution >= 0.6 is 0 Å². The van der Waals surface area contributed by atoms with E-state index in [0.717, 1.165) is 53.0 Å². The fourth-order valence-electron chi connectivity index (χ4n) is 4.86. The highest BCUT2D eigenvalue weighted by Gasteiger charge is 2.41. The zero-order valence-corrected chi connectivity index (χ0v) is 21.7. The lowest BCUT2D eigenvalue weighted by Gasteiger charge is -2.43. The van der Waals surface area contributed by atoms with Crippen LogP contribution in [0, 0.1) is 0 Å². The van der Waals surface area contributed by atoms with Crippen LogP contribution in [-0.2, 0) is 15.1 Å². The van der Waals surface area contributed by atoms with Gasteiger partial charge in [-0.1, -0.05) is 54.6 Å². The maximum absolute atomic E-state index is 12.6. The second-order valence-electron chi connectivity index (χ2n) is 10.6. The molecule has 0 aliphatic heterocycles. The summed E-state index contributed by atoms with van der Waals surface area (Å²) in [7, 11) is 0. The number of hydrogen-bond acceptors (Lipinski definition) is 4. The summed E-state index contributed by atoms with van der Waals surface area (Å²) < 4.78 is 7.54. The molecule has 2 amide bonds. The molecule has 4 aromatic rings. The Morgan fingerprint density at radius 3 is 2.24 bits per heavy atom. The average molecular weight is 497 g/mol. The molecule has 7 nitrogen and oxygen atoms in total. The van der Waals surface area contributed by atoms with Crippen LogP contribution in [0.3, 0.4) is 0 Å². The van der Waals surface area contributed by atoms with E-state index in [1.807, 2.05) is 61.7 Å². The fourth-order valence-corrected chi connectivity index (χ4v) is 4.86. The maximum atomic E-state index is 12.6. The number of aromatic nitrogens is 2. The summed E-state index contributed by atoms with van der Waals surface area (Å²) in [5.41, 5.74) is 5.39. The van der Waals surface area contributed by atoms with E-state index in [9.17, 15) is 9.59 Å². The number of ether oxygens (including phenoxy) is 1. The summed E-state index contributed by atoms with van der Waals surface area (Å²) in [6.45, 7) is 7.10. The van der Waals surface area contributed by atoms with E-state index in [-0.39, 0.29) is 5.91 Å². The van der Waals surface area contributed by atoms with Gasteiger partial charge < -0.3 is 15.4 Å². The molecule has 0 unspecified atom stereocenters. The topological polar surface area (TPSA) is 84.7 Å². The Morgan fingerprint density at radius 2 is 1.65 bits per heavy atom. The average Bonchev–Trinajstić information content (AvgIpc) is 3.19. The van der Waals surface area contributed by atoms with Crippen molar-refractivity contribution < 1.29 is 14.3 Å². The molecular formula is C30H32N4O3. The van der Waals surface area contributed by atoms with Crippen LogP contribution in [0.2, 0.25) is 0 Å². The predicted octanol–water partition coefficient (Wildman–Crippen LogP) is 6.53. The quantitative estimate of drug-likeness (QED) is 0.329. The zero-order chi connectivity index (χ0) is 26.2. The highest BCUT2D eigenvalue weighted by atomic mass is 16.6. The molecule has 2 N–H and O–H groups in total. The first kappa shape index (κ1) is 24.6. The van der Waals surface area contributed by atoms with E-state index >= 15 is 0 Å². The van der Waals surface area contributed by atoms with Gasteiger partial charge >= 0.3 is 6.09 Å². The van der Waals surface area contributed by atoms with Gasteiger partial charge in [-0.05, 0) is 57.7 Å². The van der Waals surface area contributed by atoms with Crippen LogP contribution in [0.1, 0.15) is 52.5 Å². The number of nitrogens with zero attached hydrogens (tertiary/aromatic N) is 2. The first-order valence-corrected chi connectivity index (χ1v) is 12.6. The van der Waals surface area contributed by atoms with Gasteiger partial charge in [0, 0.05) is 24.2 Å². The summed E-state index contributed by atoms with van der Waals surface area (Å²) in [6, 6.07) is 22.1. The zero-order valence-electron chi connectivity index (χ0n) is 21.7. The Bertz CT molecular complexity index is 1450. The van der Waals surface area contributed by atoms with E-state index in [2.05, 4.69) is 47.0 Å². The Balaban J connectivity index is 1.53.